The molecule has 5 N–H and O–H groups in total. The van der Waals surface area contributed by atoms with Gasteiger partial charge in [-0.05, 0) is 11.6 Å². The molecule has 0 fully saturated rings. The normalized spacial score (nSPS) is 13.7. The van der Waals surface area contributed by atoms with E-state index in [1.807, 2.05) is 0 Å². The second-order valence-electron chi connectivity index (χ2n) is 2.86. The number of carboxylic acids is 2. The monoisotopic (exact) mass is 229 g/mol. The highest BCUT2D eigenvalue weighted by Gasteiger charge is 2.13. The number of rotatable bonds is 6. The van der Waals surface area contributed by atoms with Crippen molar-refractivity contribution in [3.05, 3.63) is 24.0 Å². The fourth-order valence-corrected chi connectivity index (χ4v) is 0.759. The van der Waals surface area contributed by atoms with E-state index < -0.39 is 23.8 Å². The lowest BCUT2D eigenvalue weighted by molar-refractivity contribution is -0.146. The molecule has 0 spiro atoms. The van der Waals surface area contributed by atoms with Crippen molar-refractivity contribution in [3.8, 4) is 0 Å². The Labute approximate surface area is 90.5 Å². The van der Waals surface area contributed by atoms with Crippen LogP contribution in [0.2, 0.25) is 0 Å². The van der Waals surface area contributed by atoms with Gasteiger partial charge in [0.05, 0.1) is 6.26 Å². The predicted octanol–water partition coefficient (Wildman–Crippen LogP) is -0.560. The molecule has 16 heavy (non-hydrogen) atoms. The molecule has 88 valence electrons. The van der Waals surface area contributed by atoms with Crippen molar-refractivity contribution in [2.24, 2.45) is 5.73 Å². The van der Waals surface area contributed by atoms with E-state index in [0.29, 0.717) is 12.3 Å². The van der Waals surface area contributed by atoms with Gasteiger partial charge < -0.3 is 21.1 Å². The molecule has 0 radical (unpaired) electrons. The molecule has 0 saturated heterocycles. The van der Waals surface area contributed by atoms with Gasteiger partial charge in [0.25, 0.3) is 5.78 Å². The highest BCUT2D eigenvalue weighted by Crippen LogP contribution is 2.05. The van der Waals surface area contributed by atoms with Crippen LogP contribution < -0.4 is 5.73 Å². The molecule has 0 saturated carbocycles. The van der Waals surface area contributed by atoms with Gasteiger partial charge >= 0.3 is 11.9 Å². The standard InChI is InChI=1S/C9H11NO6/c10-6(8(13)14)3-5(4-11)1-2-7(12)9(15)16/h1-2,4,6,11H,3,10H2,(H,13,14)(H,15,16)/t6-/m0/s1. The first-order valence-corrected chi connectivity index (χ1v) is 4.15. The smallest absolute Gasteiger partial charge is 0.376 e. The van der Waals surface area contributed by atoms with E-state index in [2.05, 4.69) is 0 Å². The Bertz CT molecular complexity index is 357. The van der Waals surface area contributed by atoms with E-state index in [1.165, 1.54) is 0 Å². The minimum atomic E-state index is -1.64. The molecule has 0 aliphatic rings. The van der Waals surface area contributed by atoms with Gasteiger partial charge in [0, 0.05) is 6.42 Å². The van der Waals surface area contributed by atoms with Gasteiger partial charge in [0.15, 0.2) is 0 Å². The second-order valence-corrected chi connectivity index (χ2v) is 2.86. The first kappa shape index (κ1) is 13.8. The number of ketones is 1. The summed E-state index contributed by atoms with van der Waals surface area (Å²) in [6, 6.07) is -1.23. The number of allylic oxidation sites excluding steroid dienone is 1. The second kappa shape index (κ2) is 6.36. The number of carboxylic acid groups (broad SMARTS) is 2. The Morgan fingerprint density at radius 3 is 2.12 bits per heavy atom. The van der Waals surface area contributed by atoms with Crippen molar-refractivity contribution in [2.75, 3.05) is 0 Å². The van der Waals surface area contributed by atoms with Crippen LogP contribution in [0.25, 0.3) is 0 Å². The van der Waals surface area contributed by atoms with Gasteiger partial charge in [0.2, 0.25) is 0 Å². The average molecular weight is 229 g/mol. The molecule has 0 heterocycles. The third-order valence-corrected chi connectivity index (χ3v) is 1.60. The summed E-state index contributed by atoms with van der Waals surface area (Å²) < 4.78 is 0. The van der Waals surface area contributed by atoms with E-state index in [4.69, 9.17) is 21.1 Å². The number of nitrogens with two attached hydrogens (primary N) is 1. The summed E-state index contributed by atoms with van der Waals surface area (Å²) in [4.78, 5) is 31.1. The van der Waals surface area contributed by atoms with Crippen molar-refractivity contribution < 1.29 is 29.7 Å². The number of aliphatic hydroxyl groups excluding tert-OH is 1. The molecule has 0 aliphatic carbocycles. The molecule has 0 bridgehead atoms. The Balaban J connectivity index is 4.50. The van der Waals surface area contributed by atoms with Gasteiger partial charge in [0.1, 0.15) is 6.04 Å². The lowest BCUT2D eigenvalue weighted by atomic mass is 10.1. The Kier molecular flexibility index (Phi) is 5.50. The van der Waals surface area contributed by atoms with Crippen molar-refractivity contribution in [1.82, 2.24) is 0 Å². The maximum absolute atomic E-state index is 10.6. The first-order valence-electron chi connectivity index (χ1n) is 4.15. The fraction of sp³-hybridized carbons (Fsp3) is 0.222. The molecule has 0 amide bonds. The summed E-state index contributed by atoms with van der Waals surface area (Å²) in [6.07, 6.45) is 2.06. The van der Waals surface area contributed by atoms with Gasteiger partial charge in [-0.2, -0.15) is 0 Å². The third-order valence-electron chi connectivity index (χ3n) is 1.60. The molecular weight excluding hydrogens is 218 g/mol. The SMILES string of the molecule is N[C@@H](CC(C=CC(=O)C(=O)O)=CO)C(=O)O. The number of hydrogen-bond donors (Lipinski definition) is 4. The number of aliphatic hydroxyl groups is 1. The lowest BCUT2D eigenvalue weighted by Gasteiger charge is -2.05. The molecule has 0 rings (SSSR count). The molecule has 0 aromatic rings. The Morgan fingerprint density at radius 1 is 1.19 bits per heavy atom. The molecule has 1 atom stereocenters. The Hall–Kier alpha value is -2.15. The number of hydrogen-bond acceptors (Lipinski definition) is 5. The van der Waals surface area contributed by atoms with Crippen LogP contribution in [0.1, 0.15) is 6.42 Å². The number of carbonyl (C=O) groups excluding carboxylic acids is 1. The van der Waals surface area contributed by atoms with Gasteiger partial charge in [-0.1, -0.05) is 6.08 Å². The summed E-state index contributed by atoms with van der Waals surface area (Å²) in [5, 5.41) is 25.4. The van der Waals surface area contributed by atoms with Gasteiger partial charge in [-0.15, -0.1) is 0 Å². The minimum absolute atomic E-state index is 0.0458. The van der Waals surface area contributed by atoms with Crippen molar-refractivity contribution in [3.63, 3.8) is 0 Å². The zero-order chi connectivity index (χ0) is 12.7. The predicted molar refractivity (Wildman–Crippen MR) is 52.7 cm³/mol. The van der Waals surface area contributed by atoms with Crippen LogP contribution in [0.4, 0.5) is 0 Å². The molecule has 0 aliphatic heterocycles. The van der Waals surface area contributed by atoms with Crippen LogP contribution >= 0.6 is 0 Å². The van der Waals surface area contributed by atoms with Crippen molar-refractivity contribution in [1.29, 1.82) is 0 Å². The molecule has 0 unspecified atom stereocenters. The fourth-order valence-electron chi connectivity index (χ4n) is 0.759. The minimum Gasteiger partial charge on any atom is -0.515 e. The summed E-state index contributed by atoms with van der Waals surface area (Å²) in [7, 11) is 0. The topological polar surface area (TPSA) is 138 Å². The molecular formula is C9H11NO6. The van der Waals surface area contributed by atoms with Gasteiger partial charge in [-0.25, -0.2) is 4.79 Å². The van der Waals surface area contributed by atoms with Crippen molar-refractivity contribution >= 4 is 17.7 Å². The molecule has 7 nitrogen and oxygen atoms in total. The maximum atomic E-state index is 10.6. The van der Waals surface area contributed by atoms with E-state index >= 15 is 0 Å². The van der Waals surface area contributed by atoms with E-state index in [1.54, 1.807) is 0 Å². The van der Waals surface area contributed by atoms with Crippen LogP contribution in [0.3, 0.4) is 0 Å². The molecule has 0 aromatic heterocycles. The van der Waals surface area contributed by atoms with Crippen LogP contribution in [0.5, 0.6) is 0 Å². The van der Waals surface area contributed by atoms with Gasteiger partial charge in [-0.3, -0.25) is 9.59 Å². The largest absolute Gasteiger partial charge is 0.515 e. The third kappa shape index (κ3) is 4.91. The van der Waals surface area contributed by atoms with Crippen LogP contribution in [-0.4, -0.2) is 39.1 Å². The van der Waals surface area contributed by atoms with Crippen LogP contribution in [-0.2, 0) is 14.4 Å². The van der Waals surface area contributed by atoms with E-state index in [-0.39, 0.29) is 12.0 Å². The zero-order valence-corrected chi connectivity index (χ0v) is 8.16. The highest BCUT2D eigenvalue weighted by molar-refractivity contribution is 6.37. The summed E-state index contributed by atoms with van der Waals surface area (Å²) in [6.45, 7) is 0. The lowest BCUT2D eigenvalue weighted by Crippen LogP contribution is -2.30. The van der Waals surface area contributed by atoms with E-state index in [0.717, 1.165) is 6.08 Å². The summed E-state index contributed by atoms with van der Waals surface area (Å²) in [5.41, 5.74) is 5.22. The molecule has 7 heteroatoms. The number of carbonyl (C=O) groups is 3. The quantitative estimate of drug-likeness (QED) is 0.207. The Morgan fingerprint density at radius 2 is 1.75 bits per heavy atom. The summed E-state index contributed by atoms with van der Waals surface area (Å²) in [5.74, 6) is -4.09. The zero-order valence-electron chi connectivity index (χ0n) is 8.16. The van der Waals surface area contributed by atoms with Crippen LogP contribution in [0.15, 0.2) is 24.0 Å². The summed E-state index contributed by atoms with van der Waals surface area (Å²) >= 11 is 0. The maximum Gasteiger partial charge on any atom is 0.376 e. The highest BCUT2D eigenvalue weighted by atomic mass is 16.4. The number of aliphatic carboxylic acids is 2. The van der Waals surface area contributed by atoms with Crippen molar-refractivity contribution in [2.45, 2.75) is 12.5 Å². The average Bonchev–Trinajstić information content (AvgIpc) is 2.22. The molecule has 0 aromatic carbocycles. The first-order chi connectivity index (χ1) is 7.38. The van der Waals surface area contributed by atoms with E-state index in [9.17, 15) is 14.4 Å². The van der Waals surface area contributed by atoms with Crippen LogP contribution in [0, 0.1) is 0 Å².